The first-order chi connectivity index (χ1) is 10.7. The summed E-state index contributed by atoms with van der Waals surface area (Å²) in [6.45, 7) is 12.4. The summed E-state index contributed by atoms with van der Waals surface area (Å²) in [7, 11) is 0. The van der Waals surface area contributed by atoms with E-state index in [-0.39, 0.29) is 5.91 Å². The van der Waals surface area contributed by atoms with Gasteiger partial charge in [-0.2, -0.15) is 0 Å². The first-order valence-electron chi connectivity index (χ1n) is 6.99. The number of benzene rings is 1. The van der Waals surface area contributed by atoms with Gasteiger partial charge in [0.2, 0.25) is 0 Å². The maximum Gasteiger partial charge on any atom is 0.318 e. The number of fused-ring (bicyclic) bond motifs is 1. The van der Waals surface area contributed by atoms with Crippen LogP contribution in [0.1, 0.15) is 0 Å². The van der Waals surface area contributed by atoms with E-state index in [1.54, 1.807) is 4.90 Å². The molecule has 6 heteroatoms. The van der Waals surface area contributed by atoms with Crippen LogP contribution in [0.15, 0.2) is 43.2 Å². The van der Waals surface area contributed by atoms with Crippen molar-refractivity contribution in [3.05, 3.63) is 54.7 Å². The summed E-state index contributed by atoms with van der Waals surface area (Å²) in [5.74, 6) is 0.609. The van der Waals surface area contributed by atoms with Gasteiger partial charge in [-0.3, -0.25) is 14.5 Å². The minimum Gasteiger partial charge on any atom is -0.344 e. The molecule has 1 unspecified atom stereocenters. The molecule has 2 heterocycles. The SMILES string of the molecule is [C-]#[N+]C1CN(c2ncnc3ccccc23)CCN1C(=O)C=C. The molecule has 1 aliphatic rings. The molecule has 1 aromatic carbocycles. The Kier molecular flexibility index (Phi) is 3.71. The van der Waals surface area contributed by atoms with Gasteiger partial charge in [0.15, 0.2) is 0 Å². The molecule has 0 N–H and O–H groups in total. The summed E-state index contributed by atoms with van der Waals surface area (Å²) >= 11 is 0. The Morgan fingerprint density at radius 3 is 2.95 bits per heavy atom. The Balaban J connectivity index is 1.92. The Labute approximate surface area is 128 Å². The highest BCUT2D eigenvalue weighted by molar-refractivity contribution is 5.90. The van der Waals surface area contributed by atoms with Crippen LogP contribution in [-0.4, -0.2) is 46.6 Å². The maximum atomic E-state index is 11.8. The number of carbonyl (C=O) groups excluding carboxylic acids is 1. The predicted octanol–water partition coefficient (Wildman–Crippen LogP) is 1.71. The Hall–Kier alpha value is -2.94. The van der Waals surface area contributed by atoms with Crippen molar-refractivity contribution in [2.24, 2.45) is 0 Å². The fourth-order valence-electron chi connectivity index (χ4n) is 2.68. The van der Waals surface area contributed by atoms with Gasteiger partial charge in [0.1, 0.15) is 18.7 Å². The van der Waals surface area contributed by atoms with Crippen LogP contribution in [-0.2, 0) is 4.79 Å². The lowest BCUT2D eigenvalue weighted by Gasteiger charge is -2.35. The number of nitrogens with zero attached hydrogens (tertiary/aromatic N) is 5. The first kappa shape index (κ1) is 14.0. The van der Waals surface area contributed by atoms with Gasteiger partial charge in [0, 0.05) is 18.5 Å². The molecular formula is C16H15N5O. The Morgan fingerprint density at radius 2 is 2.18 bits per heavy atom. The number of piperazine rings is 1. The van der Waals surface area contributed by atoms with Crippen LogP contribution in [0.5, 0.6) is 0 Å². The summed E-state index contributed by atoms with van der Waals surface area (Å²) in [4.78, 5) is 27.6. The third kappa shape index (κ3) is 2.37. The fourth-order valence-corrected chi connectivity index (χ4v) is 2.68. The van der Waals surface area contributed by atoms with Gasteiger partial charge in [-0.25, -0.2) is 16.5 Å². The van der Waals surface area contributed by atoms with Crippen molar-refractivity contribution >= 4 is 22.6 Å². The van der Waals surface area contributed by atoms with E-state index in [9.17, 15) is 4.79 Å². The topological polar surface area (TPSA) is 53.7 Å². The minimum atomic E-state index is -0.520. The van der Waals surface area contributed by atoms with E-state index in [0.29, 0.717) is 19.6 Å². The van der Waals surface area contributed by atoms with E-state index in [0.717, 1.165) is 16.7 Å². The van der Waals surface area contributed by atoms with Crippen molar-refractivity contribution in [2.45, 2.75) is 6.17 Å². The fraction of sp³-hybridized carbons (Fsp3) is 0.250. The monoisotopic (exact) mass is 293 g/mol. The number of hydrogen-bond donors (Lipinski definition) is 0. The van der Waals surface area contributed by atoms with E-state index in [4.69, 9.17) is 6.57 Å². The molecule has 1 saturated heterocycles. The minimum absolute atomic E-state index is 0.201. The van der Waals surface area contributed by atoms with Crippen molar-refractivity contribution in [3.8, 4) is 0 Å². The highest BCUT2D eigenvalue weighted by Crippen LogP contribution is 2.25. The second-order valence-electron chi connectivity index (χ2n) is 5.01. The van der Waals surface area contributed by atoms with Gasteiger partial charge >= 0.3 is 6.17 Å². The van der Waals surface area contributed by atoms with E-state index in [2.05, 4.69) is 21.4 Å². The van der Waals surface area contributed by atoms with Crippen LogP contribution in [0, 0.1) is 6.57 Å². The summed E-state index contributed by atoms with van der Waals surface area (Å²) in [6, 6.07) is 7.78. The number of aromatic nitrogens is 2. The zero-order valence-corrected chi connectivity index (χ0v) is 12.0. The number of carbonyl (C=O) groups is 1. The molecule has 1 atom stereocenters. The van der Waals surface area contributed by atoms with Crippen molar-refractivity contribution in [1.29, 1.82) is 0 Å². The summed E-state index contributed by atoms with van der Waals surface area (Å²) in [6.07, 6.45) is 2.27. The maximum absolute atomic E-state index is 11.8. The van der Waals surface area contributed by atoms with Crippen molar-refractivity contribution in [1.82, 2.24) is 14.9 Å². The zero-order valence-electron chi connectivity index (χ0n) is 12.0. The predicted molar refractivity (Wildman–Crippen MR) is 84.1 cm³/mol. The molecule has 1 aromatic heterocycles. The molecule has 1 aliphatic heterocycles. The van der Waals surface area contributed by atoms with Crippen molar-refractivity contribution in [2.75, 3.05) is 24.5 Å². The average molecular weight is 293 g/mol. The smallest absolute Gasteiger partial charge is 0.318 e. The first-order valence-corrected chi connectivity index (χ1v) is 6.99. The lowest BCUT2D eigenvalue weighted by molar-refractivity contribution is -0.127. The van der Waals surface area contributed by atoms with Crippen LogP contribution in [0.25, 0.3) is 15.7 Å². The second kappa shape index (κ2) is 5.82. The number of rotatable bonds is 2. The van der Waals surface area contributed by atoms with Crippen LogP contribution >= 0.6 is 0 Å². The zero-order chi connectivity index (χ0) is 15.5. The molecule has 0 spiro atoms. The van der Waals surface area contributed by atoms with Gasteiger partial charge in [0.05, 0.1) is 5.52 Å². The van der Waals surface area contributed by atoms with E-state index in [1.165, 1.54) is 12.4 Å². The third-order valence-electron chi connectivity index (χ3n) is 3.78. The van der Waals surface area contributed by atoms with Crippen LogP contribution in [0.4, 0.5) is 5.82 Å². The Morgan fingerprint density at radius 1 is 1.36 bits per heavy atom. The Bertz CT molecular complexity index is 761. The average Bonchev–Trinajstić information content (AvgIpc) is 2.60. The molecule has 0 bridgehead atoms. The summed E-state index contributed by atoms with van der Waals surface area (Å²) < 4.78 is 0. The van der Waals surface area contributed by atoms with Crippen LogP contribution < -0.4 is 4.90 Å². The van der Waals surface area contributed by atoms with Gasteiger partial charge in [-0.1, -0.05) is 18.7 Å². The highest BCUT2D eigenvalue weighted by atomic mass is 16.2. The third-order valence-corrected chi connectivity index (χ3v) is 3.78. The number of amides is 1. The molecule has 1 amide bonds. The van der Waals surface area contributed by atoms with E-state index < -0.39 is 6.17 Å². The molecule has 0 aliphatic carbocycles. The molecule has 110 valence electrons. The number of anilines is 1. The number of hydrogen-bond acceptors (Lipinski definition) is 4. The standard InChI is InChI=1S/C16H15N5O/c1-3-15(22)21-9-8-20(10-14(21)17-2)16-12-6-4-5-7-13(12)18-11-19-16/h3-7,11,14H,1,8-10H2. The van der Waals surface area contributed by atoms with Gasteiger partial charge in [-0.05, 0) is 18.2 Å². The van der Waals surface area contributed by atoms with Crippen molar-refractivity contribution in [3.63, 3.8) is 0 Å². The van der Waals surface area contributed by atoms with Gasteiger partial charge in [-0.15, -0.1) is 0 Å². The summed E-state index contributed by atoms with van der Waals surface area (Å²) in [5.41, 5.74) is 0.872. The lowest BCUT2D eigenvalue weighted by atomic mass is 10.2. The van der Waals surface area contributed by atoms with Crippen LogP contribution in [0.3, 0.4) is 0 Å². The normalized spacial score (nSPS) is 18.0. The van der Waals surface area contributed by atoms with Crippen molar-refractivity contribution < 1.29 is 4.79 Å². The highest BCUT2D eigenvalue weighted by Gasteiger charge is 2.34. The molecule has 0 radical (unpaired) electrons. The molecule has 1 fully saturated rings. The molecule has 0 saturated carbocycles. The molecule has 6 nitrogen and oxygen atoms in total. The quantitative estimate of drug-likeness (QED) is 0.625. The lowest BCUT2D eigenvalue weighted by Crippen LogP contribution is -2.53. The van der Waals surface area contributed by atoms with Gasteiger partial charge in [0.25, 0.3) is 5.91 Å². The number of para-hydroxylation sites is 1. The van der Waals surface area contributed by atoms with E-state index >= 15 is 0 Å². The molecular weight excluding hydrogens is 278 g/mol. The molecule has 3 rings (SSSR count). The molecule has 22 heavy (non-hydrogen) atoms. The van der Waals surface area contributed by atoms with E-state index in [1.807, 2.05) is 29.2 Å². The van der Waals surface area contributed by atoms with Gasteiger partial charge < -0.3 is 4.90 Å². The summed E-state index contributed by atoms with van der Waals surface area (Å²) in [5, 5.41) is 0.956. The second-order valence-corrected chi connectivity index (χ2v) is 5.01. The molecule has 2 aromatic rings. The van der Waals surface area contributed by atoms with Crippen LogP contribution in [0.2, 0.25) is 0 Å². The largest absolute Gasteiger partial charge is 0.344 e.